The molecular weight excluding hydrogens is 454 g/mol. The topological polar surface area (TPSA) is 0 Å². The average molecular weight is 504 g/mol. The Kier molecular flexibility index (Phi) is 9.67. The van der Waals surface area contributed by atoms with E-state index in [4.69, 9.17) is 0 Å². The number of unbranched alkanes of at least 4 members (excludes halogenated alkanes) is 6. The molecule has 1 aliphatic rings. The van der Waals surface area contributed by atoms with Gasteiger partial charge in [0.15, 0.2) is 0 Å². The molecule has 0 saturated carbocycles. The van der Waals surface area contributed by atoms with Gasteiger partial charge in [-0.05, 0) is 84.4 Å². The Balaban J connectivity index is 1.87. The molecule has 0 amide bonds. The summed E-state index contributed by atoms with van der Waals surface area (Å²) in [6.45, 7) is 11.7. The summed E-state index contributed by atoms with van der Waals surface area (Å²) in [6, 6.07) is 17.8. The second-order valence-corrected chi connectivity index (χ2v) is 12.1. The third kappa shape index (κ3) is 5.71. The Morgan fingerprint density at radius 3 is 1.39 bits per heavy atom. The molecule has 0 radical (unpaired) electrons. The van der Waals surface area contributed by atoms with Crippen LogP contribution in [-0.4, -0.2) is 15.7 Å². The SMILES string of the molecule is Bc1cc2c(cc1CC)-c1cc(CC)c(B)cc1C2(C)c1cc(CCCCCC)cc(CCCCCC)c1. The molecule has 3 aromatic rings. The van der Waals surface area contributed by atoms with E-state index >= 15 is 0 Å². The molecule has 0 unspecified atom stereocenters. The van der Waals surface area contributed by atoms with Crippen molar-refractivity contribution in [1.29, 1.82) is 0 Å². The zero-order valence-electron chi connectivity index (χ0n) is 25.5. The Morgan fingerprint density at radius 1 is 0.553 bits per heavy atom. The maximum Gasteiger partial charge on any atom is 0.139 e. The second kappa shape index (κ2) is 12.8. The van der Waals surface area contributed by atoms with Gasteiger partial charge >= 0.3 is 0 Å². The van der Waals surface area contributed by atoms with Gasteiger partial charge in [-0.3, -0.25) is 0 Å². The molecule has 0 nitrogen and oxygen atoms in total. The van der Waals surface area contributed by atoms with Gasteiger partial charge in [-0.1, -0.05) is 131 Å². The Morgan fingerprint density at radius 2 is 1.00 bits per heavy atom. The lowest BCUT2D eigenvalue weighted by molar-refractivity contribution is 0.656. The molecule has 1 aliphatic carbocycles. The van der Waals surface area contributed by atoms with Crippen LogP contribution in [0.4, 0.5) is 0 Å². The zero-order chi connectivity index (χ0) is 27.3. The maximum atomic E-state index is 2.58. The fourth-order valence-electron chi connectivity index (χ4n) is 6.85. The molecule has 0 fully saturated rings. The number of rotatable bonds is 13. The molecule has 200 valence electrons. The molecule has 2 heteroatoms. The molecule has 0 spiro atoms. The van der Waals surface area contributed by atoms with E-state index < -0.39 is 0 Å². The highest BCUT2D eigenvalue weighted by Crippen LogP contribution is 2.52. The van der Waals surface area contributed by atoms with Gasteiger partial charge in [-0.2, -0.15) is 0 Å². The summed E-state index contributed by atoms with van der Waals surface area (Å²) < 4.78 is 0. The van der Waals surface area contributed by atoms with Crippen LogP contribution in [0.1, 0.15) is 125 Å². The quantitative estimate of drug-likeness (QED) is 0.175. The van der Waals surface area contributed by atoms with Crippen molar-refractivity contribution in [3.63, 3.8) is 0 Å². The summed E-state index contributed by atoms with van der Waals surface area (Å²) in [5.74, 6) is 0. The van der Waals surface area contributed by atoms with E-state index in [9.17, 15) is 0 Å². The molecule has 0 N–H and O–H groups in total. The predicted molar refractivity (Wildman–Crippen MR) is 175 cm³/mol. The fraction of sp³-hybridized carbons (Fsp3) is 0.500. The molecule has 0 aliphatic heterocycles. The minimum absolute atomic E-state index is 0.115. The van der Waals surface area contributed by atoms with E-state index in [-0.39, 0.29) is 5.41 Å². The van der Waals surface area contributed by atoms with Crippen LogP contribution in [0.3, 0.4) is 0 Å². The average Bonchev–Trinajstić information content (AvgIpc) is 3.15. The van der Waals surface area contributed by atoms with E-state index in [0.717, 1.165) is 12.8 Å². The first-order valence-corrected chi connectivity index (χ1v) is 15.8. The van der Waals surface area contributed by atoms with Crippen LogP contribution in [0.5, 0.6) is 0 Å². The zero-order valence-corrected chi connectivity index (χ0v) is 25.5. The minimum Gasteiger partial charge on any atom is -0.0855 e. The number of hydrogen-bond donors (Lipinski definition) is 0. The van der Waals surface area contributed by atoms with Crippen molar-refractivity contribution in [2.45, 2.75) is 117 Å². The van der Waals surface area contributed by atoms with Crippen LogP contribution in [0.15, 0.2) is 42.5 Å². The number of hydrogen-bond acceptors (Lipinski definition) is 0. The maximum absolute atomic E-state index is 2.58. The minimum atomic E-state index is -0.115. The summed E-state index contributed by atoms with van der Waals surface area (Å²) in [4.78, 5) is 0. The highest BCUT2D eigenvalue weighted by Gasteiger charge is 2.41. The van der Waals surface area contributed by atoms with Crippen molar-refractivity contribution >= 4 is 26.6 Å². The van der Waals surface area contributed by atoms with Crippen LogP contribution in [0.2, 0.25) is 0 Å². The van der Waals surface area contributed by atoms with Gasteiger partial charge in [0.25, 0.3) is 0 Å². The van der Waals surface area contributed by atoms with E-state index in [1.807, 2.05) is 0 Å². The van der Waals surface area contributed by atoms with Gasteiger partial charge in [0.05, 0.1) is 0 Å². The van der Waals surface area contributed by atoms with Crippen LogP contribution in [-0.2, 0) is 31.1 Å². The summed E-state index contributed by atoms with van der Waals surface area (Å²) in [5, 5.41) is 0. The van der Waals surface area contributed by atoms with Crippen molar-refractivity contribution in [2.75, 3.05) is 0 Å². The monoisotopic (exact) mass is 504 g/mol. The van der Waals surface area contributed by atoms with E-state index in [1.165, 1.54) is 114 Å². The molecule has 4 rings (SSSR count). The van der Waals surface area contributed by atoms with Gasteiger partial charge in [0.2, 0.25) is 0 Å². The first-order chi connectivity index (χ1) is 18.4. The van der Waals surface area contributed by atoms with Crippen LogP contribution >= 0.6 is 0 Å². The van der Waals surface area contributed by atoms with Gasteiger partial charge in [-0.15, -0.1) is 0 Å². The highest BCUT2D eigenvalue weighted by molar-refractivity contribution is 6.34. The largest absolute Gasteiger partial charge is 0.139 e. The first-order valence-electron chi connectivity index (χ1n) is 15.8. The summed E-state index contributed by atoms with van der Waals surface area (Å²) in [7, 11) is 4.63. The molecule has 3 aromatic carbocycles. The molecule has 0 bridgehead atoms. The first kappa shape index (κ1) is 28.8. The van der Waals surface area contributed by atoms with Crippen molar-refractivity contribution in [2.24, 2.45) is 0 Å². The van der Waals surface area contributed by atoms with E-state index in [1.54, 1.807) is 11.1 Å². The van der Waals surface area contributed by atoms with Gasteiger partial charge in [0, 0.05) is 5.41 Å². The lowest BCUT2D eigenvalue weighted by atomic mass is 9.70. The molecular formula is C36H50B2. The van der Waals surface area contributed by atoms with Crippen molar-refractivity contribution in [3.8, 4) is 11.1 Å². The van der Waals surface area contributed by atoms with Crippen LogP contribution in [0.25, 0.3) is 11.1 Å². The molecule has 0 heterocycles. The second-order valence-electron chi connectivity index (χ2n) is 12.1. The number of aryl methyl sites for hydroxylation is 4. The van der Waals surface area contributed by atoms with E-state index in [0.29, 0.717) is 0 Å². The predicted octanol–water partition coefficient (Wildman–Crippen LogP) is 6.91. The Hall–Kier alpha value is -2.21. The normalized spacial score (nSPS) is 13.5. The van der Waals surface area contributed by atoms with Gasteiger partial charge in [-0.25, -0.2) is 0 Å². The lowest BCUT2D eigenvalue weighted by Gasteiger charge is -2.30. The number of fused-ring (bicyclic) bond motifs is 3. The number of benzene rings is 3. The van der Waals surface area contributed by atoms with E-state index in [2.05, 4.69) is 92.8 Å². The van der Waals surface area contributed by atoms with Crippen LogP contribution in [0, 0.1) is 0 Å². The van der Waals surface area contributed by atoms with Gasteiger partial charge in [0.1, 0.15) is 15.7 Å². The summed E-state index contributed by atoms with van der Waals surface area (Å²) in [6.07, 6.45) is 15.2. The van der Waals surface area contributed by atoms with Gasteiger partial charge < -0.3 is 0 Å². The smallest absolute Gasteiger partial charge is 0.0855 e. The lowest BCUT2D eigenvalue weighted by Crippen LogP contribution is -2.26. The summed E-state index contributed by atoms with van der Waals surface area (Å²) in [5.41, 5.74) is 16.3. The third-order valence-corrected chi connectivity index (χ3v) is 9.35. The molecule has 0 saturated heterocycles. The van der Waals surface area contributed by atoms with Crippen molar-refractivity contribution in [3.05, 3.63) is 81.4 Å². The highest BCUT2D eigenvalue weighted by atomic mass is 14.4. The summed E-state index contributed by atoms with van der Waals surface area (Å²) >= 11 is 0. The van der Waals surface area contributed by atoms with Crippen molar-refractivity contribution < 1.29 is 0 Å². The Labute approximate surface area is 235 Å². The third-order valence-electron chi connectivity index (χ3n) is 9.35. The molecule has 0 aromatic heterocycles. The van der Waals surface area contributed by atoms with Crippen molar-refractivity contribution in [1.82, 2.24) is 0 Å². The standard InChI is InChI=1S/C36H50B2/c1-6-10-12-14-16-25-18-26(17-15-13-11-7-2)20-29(19-25)36(5)32-23-34(37)27(8-3)21-30(32)31-22-28(9-4)35(38)24-33(31)36/h18-24H,6-17,37-38H2,1-5H3. The van der Waals surface area contributed by atoms with Crippen LogP contribution < -0.4 is 10.9 Å². The molecule has 0 atom stereocenters. The Bertz CT molecular complexity index is 1160. The fourth-order valence-corrected chi connectivity index (χ4v) is 6.85. The molecule has 38 heavy (non-hydrogen) atoms.